The predicted molar refractivity (Wildman–Crippen MR) is 166 cm³/mol. The van der Waals surface area contributed by atoms with Gasteiger partial charge in [0.05, 0.1) is 10.6 Å². The molecule has 1 N–H and O–H groups in total. The second-order valence-electron chi connectivity index (χ2n) is 10.4. The van der Waals surface area contributed by atoms with E-state index in [0.29, 0.717) is 33.3 Å². The summed E-state index contributed by atoms with van der Waals surface area (Å²) < 4.78 is 29.2. The van der Waals surface area contributed by atoms with E-state index in [0.717, 1.165) is 15.4 Å². The van der Waals surface area contributed by atoms with Gasteiger partial charge in [-0.25, -0.2) is 8.42 Å². The Morgan fingerprint density at radius 2 is 1.49 bits per heavy atom. The Labute approximate surface area is 253 Å². The molecule has 3 aromatic rings. The zero-order valence-electron chi connectivity index (χ0n) is 24.2. The van der Waals surface area contributed by atoms with Gasteiger partial charge in [0, 0.05) is 28.2 Å². The lowest BCUT2D eigenvalue weighted by atomic mass is 10.1. The first-order chi connectivity index (χ1) is 19.3. The number of anilines is 1. The van der Waals surface area contributed by atoms with Crippen molar-refractivity contribution in [3.05, 3.63) is 93.0 Å². The molecule has 0 fully saturated rings. The fourth-order valence-corrected chi connectivity index (χ4v) is 6.59. The maximum atomic E-state index is 14.2. The van der Waals surface area contributed by atoms with E-state index in [2.05, 4.69) is 5.32 Å². The van der Waals surface area contributed by atoms with E-state index in [1.807, 2.05) is 33.8 Å². The van der Waals surface area contributed by atoms with Gasteiger partial charge in [0.2, 0.25) is 11.8 Å². The maximum absolute atomic E-state index is 14.2. The van der Waals surface area contributed by atoms with Crippen LogP contribution in [0, 0.1) is 20.8 Å². The van der Waals surface area contributed by atoms with Gasteiger partial charge in [-0.1, -0.05) is 71.6 Å². The highest BCUT2D eigenvalue weighted by Gasteiger charge is 2.35. The normalized spacial score (nSPS) is 12.2. The molecule has 10 heteroatoms. The van der Waals surface area contributed by atoms with Gasteiger partial charge in [-0.05, 0) is 76.9 Å². The lowest BCUT2D eigenvalue weighted by Crippen LogP contribution is -2.53. The molecule has 7 nitrogen and oxygen atoms in total. The van der Waals surface area contributed by atoms with Crippen molar-refractivity contribution in [2.24, 2.45) is 0 Å². The Bertz CT molecular complexity index is 1490. The summed E-state index contributed by atoms with van der Waals surface area (Å²) in [5.41, 5.74) is 3.40. The summed E-state index contributed by atoms with van der Waals surface area (Å²) in [5, 5.41) is 3.56. The maximum Gasteiger partial charge on any atom is 0.264 e. The predicted octanol–water partition coefficient (Wildman–Crippen LogP) is 6.45. The fourth-order valence-electron chi connectivity index (χ4n) is 4.59. The van der Waals surface area contributed by atoms with Crippen molar-refractivity contribution in [1.29, 1.82) is 0 Å². The van der Waals surface area contributed by atoms with Crippen LogP contribution in [0.5, 0.6) is 0 Å². The van der Waals surface area contributed by atoms with E-state index >= 15 is 0 Å². The van der Waals surface area contributed by atoms with Crippen LogP contribution in [0.3, 0.4) is 0 Å². The van der Waals surface area contributed by atoms with Crippen LogP contribution in [0.2, 0.25) is 10.0 Å². The van der Waals surface area contributed by atoms with Crippen LogP contribution in [0.4, 0.5) is 5.69 Å². The second kappa shape index (κ2) is 13.7. The summed E-state index contributed by atoms with van der Waals surface area (Å²) in [7, 11) is -4.16. The van der Waals surface area contributed by atoms with Gasteiger partial charge in [0.1, 0.15) is 12.6 Å². The van der Waals surface area contributed by atoms with Crippen molar-refractivity contribution in [2.45, 2.75) is 71.5 Å². The third kappa shape index (κ3) is 7.82. The Morgan fingerprint density at radius 1 is 0.902 bits per heavy atom. The Kier molecular flexibility index (Phi) is 10.9. The highest BCUT2D eigenvalue weighted by Crippen LogP contribution is 2.30. The second-order valence-corrected chi connectivity index (χ2v) is 13.1. The SMILES string of the molecule is CC[C@H](C(=O)NC(C)C)N(Cc1c(Cl)cccc1Cl)C(=O)CN(c1ccc(C)cc1C)S(=O)(=O)c1ccc(C)cc1. The zero-order valence-corrected chi connectivity index (χ0v) is 26.6. The molecule has 0 spiro atoms. The molecule has 0 radical (unpaired) electrons. The average Bonchev–Trinajstić information content (AvgIpc) is 2.89. The Morgan fingerprint density at radius 3 is 2.02 bits per heavy atom. The number of sulfonamides is 1. The number of amides is 2. The van der Waals surface area contributed by atoms with Gasteiger partial charge in [-0.2, -0.15) is 0 Å². The van der Waals surface area contributed by atoms with E-state index in [9.17, 15) is 18.0 Å². The topological polar surface area (TPSA) is 86.8 Å². The fraction of sp³-hybridized carbons (Fsp3) is 0.355. The summed E-state index contributed by atoms with van der Waals surface area (Å²) in [5.74, 6) is -0.916. The molecule has 0 aliphatic rings. The highest BCUT2D eigenvalue weighted by atomic mass is 35.5. The van der Waals surface area contributed by atoms with Gasteiger partial charge >= 0.3 is 0 Å². The first kappa shape index (κ1) is 32.4. The van der Waals surface area contributed by atoms with Gasteiger partial charge in [-0.15, -0.1) is 0 Å². The van der Waals surface area contributed by atoms with Crippen LogP contribution >= 0.6 is 23.2 Å². The first-order valence-corrected chi connectivity index (χ1v) is 15.6. The van der Waals surface area contributed by atoms with Crippen molar-refractivity contribution in [2.75, 3.05) is 10.8 Å². The molecule has 220 valence electrons. The van der Waals surface area contributed by atoms with Gasteiger partial charge < -0.3 is 10.2 Å². The molecule has 0 heterocycles. The largest absolute Gasteiger partial charge is 0.352 e. The van der Waals surface area contributed by atoms with Gasteiger partial charge in [0.15, 0.2) is 0 Å². The van der Waals surface area contributed by atoms with Crippen molar-refractivity contribution >= 4 is 50.7 Å². The number of carbonyl (C=O) groups excluding carboxylic acids is 2. The summed E-state index contributed by atoms with van der Waals surface area (Å²) in [6.45, 7) is 10.4. The molecular weight excluding hydrogens is 581 g/mol. The van der Waals surface area contributed by atoms with Crippen molar-refractivity contribution in [3.8, 4) is 0 Å². The van der Waals surface area contributed by atoms with Crippen molar-refractivity contribution in [3.63, 3.8) is 0 Å². The number of hydrogen-bond acceptors (Lipinski definition) is 4. The summed E-state index contributed by atoms with van der Waals surface area (Å²) in [4.78, 5) is 28.9. The molecule has 0 saturated heterocycles. The molecule has 0 saturated carbocycles. The minimum absolute atomic E-state index is 0.0566. The van der Waals surface area contributed by atoms with Crippen LogP contribution in [0.15, 0.2) is 65.6 Å². The molecular formula is C31H37Cl2N3O4S. The van der Waals surface area contributed by atoms with E-state index in [1.165, 1.54) is 17.0 Å². The minimum Gasteiger partial charge on any atom is -0.352 e. The van der Waals surface area contributed by atoms with Gasteiger partial charge in [-0.3, -0.25) is 13.9 Å². The summed E-state index contributed by atoms with van der Waals surface area (Å²) >= 11 is 12.9. The summed E-state index contributed by atoms with van der Waals surface area (Å²) in [6, 6.07) is 15.8. The van der Waals surface area contributed by atoms with E-state index in [1.54, 1.807) is 56.3 Å². The molecule has 3 rings (SSSR count). The monoisotopic (exact) mass is 617 g/mol. The van der Waals surface area contributed by atoms with Crippen LogP contribution in [-0.4, -0.2) is 43.8 Å². The smallest absolute Gasteiger partial charge is 0.264 e. The Hall–Kier alpha value is -3.07. The van der Waals surface area contributed by atoms with E-state index < -0.39 is 28.5 Å². The molecule has 41 heavy (non-hydrogen) atoms. The number of halogens is 2. The third-order valence-corrected chi connectivity index (χ3v) is 9.20. The van der Waals surface area contributed by atoms with Crippen molar-refractivity contribution in [1.82, 2.24) is 10.2 Å². The minimum atomic E-state index is -4.16. The molecule has 0 bridgehead atoms. The number of hydrogen-bond donors (Lipinski definition) is 1. The quantitative estimate of drug-likeness (QED) is 0.268. The van der Waals surface area contributed by atoms with Crippen molar-refractivity contribution < 1.29 is 18.0 Å². The van der Waals surface area contributed by atoms with Gasteiger partial charge in [0.25, 0.3) is 10.0 Å². The van der Waals surface area contributed by atoms with E-state index in [-0.39, 0.29) is 23.4 Å². The number of nitrogens with zero attached hydrogens (tertiary/aromatic N) is 2. The third-order valence-electron chi connectivity index (χ3n) is 6.72. The first-order valence-electron chi connectivity index (χ1n) is 13.5. The van der Waals surface area contributed by atoms with E-state index in [4.69, 9.17) is 23.2 Å². The number of nitrogens with one attached hydrogen (secondary N) is 1. The number of carbonyl (C=O) groups is 2. The Balaban J connectivity index is 2.14. The molecule has 0 aliphatic carbocycles. The number of benzene rings is 3. The molecule has 3 aromatic carbocycles. The number of aryl methyl sites for hydroxylation is 3. The van der Waals surface area contributed by atoms with Crippen LogP contribution in [0.1, 0.15) is 49.4 Å². The molecule has 2 amide bonds. The van der Waals surface area contributed by atoms with Crippen LogP contribution in [-0.2, 0) is 26.2 Å². The zero-order chi connectivity index (χ0) is 30.5. The molecule has 0 aliphatic heterocycles. The van der Waals surface area contributed by atoms with Crippen LogP contribution < -0.4 is 9.62 Å². The summed E-state index contributed by atoms with van der Waals surface area (Å²) in [6.07, 6.45) is 0.292. The highest BCUT2D eigenvalue weighted by molar-refractivity contribution is 7.92. The lowest BCUT2D eigenvalue weighted by molar-refractivity contribution is -0.140. The lowest BCUT2D eigenvalue weighted by Gasteiger charge is -2.34. The van der Waals surface area contributed by atoms with Crippen LogP contribution in [0.25, 0.3) is 0 Å². The average molecular weight is 619 g/mol. The standard InChI is InChI=1S/C31H37Cl2N3O4S/c1-7-28(31(38)34-20(2)3)35(18-25-26(32)9-8-10-27(25)33)30(37)19-36(29-16-13-22(5)17-23(29)6)41(39,40)24-14-11-21(4)12-15-24/h8-17,20,28H,7,18-19H2,1-6H3,(H,34,38)/t28-/m1/s1. The number of rotatable bonds is 11. The molecule has 1 atom stereocenters. The molecule has 0 unspecified atom stereocenters. The molecule has 0 aromatic heterocycles.